The second-order valence-corrected chi connectivity index (χ2v) is 5.74. The summed E-state index contributed by atoms with van der Waals surface area (Å²) in [5.41, 5.74) is 3.09. The van der Waals surface area contributed by atoms with Crippen LogP contribution in [0.15, 0.2) is 54.9 Å². The van der Waals surface area contributed by atoms with Crippen molar-refractivity contribution >= 4 is 29.0 Å². The number of nitrogens with zero attached hydrogens (tertiary/aromatic N) is 3. The van der Waals surface area contributed by atoms with E-state index in [-0.39, 0.29) is 12.5 Å². The monoisotopic (exact) mass is 364 g/mol. The molecule has 0 spiro atoms. The molecule has 138 valence electrons. The topological polar surface area (TPSA) is 112 Å². The standard InChI is InChI=1S/C19H20N6O2/c1-13(27)22-15-4-6-16(7-5-15)23-18-11-17(14-3-2-8-20-12-14)24-19(25-18)21-9-10-26/h2-8,11-12,26H,9-10H2,1H3,(H,22,27)(H2,21,23,24,25). The first-order chi connectivity index (χ1) is 13.1. The highest BCUT2D eigenvalue weighted by molar-refractivity contribution is 5.88. The summed E-state index contributed by atoms with van der Waals surface area (Å²) >= 11 is 0. The maximum absolute atomic E-state index is 11.1. The molecule has 1 amide bonds. The lowest BCUT2D eigenvalue weighted by molar-refractivity contribution is -0.114. The van der Waals surface area contributed by atoms with Gasteiger partial charge < -0.3 is 21.1 Å². The second-order valence-electron chi connectivity index (χ2n) is 5.74. The molecule has 2 aromatic heterocycles. The summed E-state index contributed by atoms with van der Waals surface area (Å²) in [6.45, 7) is 1.79. The zero-order chi connectivity index (χ0) is 19.1. The number of benzene rings is 1. The molecule has 2 heterocycles. The Morgan fingerprint density at radius 1 is 1.11 bits per heavy atom. The number of anilines is 4. The van der Waals surface area contributed by atoms with Crippen molar-refractivity contribution in [3.8, 4) is 11.3 Å². The third-order valence-corrected chi connectivity index (χ3v) is 3.56. The summed E-state index contributed by atoms with van der Waals surface area (Å²) in [7, 11) is 0. The van der Waals surface area contributed by atoms with Gasteiger partial charge in [-0.25, -0.2) is 4.98 Å². The van der Waals surface area contributed by atoms with Crippen molar-refractivity contribution in [2.45, 2.75) is 6.92 Å². The Morgan fingerprint density at radius 3 is 2.56 bits per heavy atom. The van der Waals surface area contributed by atoms with Crippen LogP contribution < -0.4 is 16.0 Å². The minimum absolute atomic E-state index is 0.0200. The Balaban J connectivity index is 1.86. The predicted octanol–water partition coefficient (Wildman–Crippen LogP) is 2.64. The highest BCUT2D eigenvalue weighted by Gasteiger charge is 2.07. The SMILES string of the molecule is CC(=O)Nc1ccc(Nc2cc(-c3cccnc3)nc(NCCO)n2)cc1. The van der Waals surface area contributed by atoms with Crippen LogP contribution in [0.4, 0.5) is 23.1 Å². The van der Waals surface area contributed by atoms with Crippen molar-refractivity contribution in [3.05, 3.63) is 54.9 Å². The first-order valence-corrected chi connectivity index (χ1v) is 8.43. The number of carbonyl (C=O) groups excluding carboxylic acids is 1. The zero-order valence-electron chi connectivity index (χ0n) is 14.8. The van der Waals surface area contributed by atoms with Crippen LogP contribution in [0.5, 0.6) is 0 Å². The van der Waals surface area contributed by atoms with E-state index < -0.39 is 0 Å². The Hall–Kier alpha value is -3.52. The van der Waals surface area contributed by atoms with E-state index in [2.05, 4.69) is 30.9 Å². The van der Waals surface area contributed by atoms with Crippen LogP contribution >= 0.6 is 0 Å². The average Bonchev–Trinajstić information content (AvgIpc) is 2.68. The molecule has 27 heavy (non-hydrogen) atoms. The van der Waals surface area contributed by atoms with E-state index >= 15 is 0 Å². The molecule has 3 aromatic rings. The molecular weight excluding hydrogens is 344 g/mol. The number of aliphatic hydroxyl groups is 1. The zero-order valence-corrected chi connectivity index (χ0v) is 14.8. The number of hydrogen-bond donors (Lipinski definition) is 4. The lowest BCUT2D eigenvalue weighted by atomic mass is 10.2. The van der Waals surface area contributed by atoms with Crippen LogP contribution in [0.3, 0.4) is 0 Å². The first-order valence-electron chi connectivity index (χ1n) is 8.43. The van der Waals surface area contributed by atoms with Gasteiger partial charge in [0, 0.05) is 48.9 Å². The van der Waals surface area contributed by atoms with Crippen molar-refractivity contribution in [2.24, 2.45) is 0 Å². The maximum Gasteiger partial charge on any atom is 0.225 e. The van der Waals surface area contributed by atoms with E-state index in [1.165, 1.54) is 6.92 Å². The molecule has 1 aromatic carbocycles. The van der Waals surface area contributed by atoms with Gasteiger partial charge in [-0.2, -0.15) is 4.98 Å². The van der Waals surface area contributed by atoms with Crippen LogP contribution in [0.1, 0.15) is 6.92 Å². The van der Waals surface area contributed by atoms with Crippen LogP contribution in [0, 0.1) is 0 Å². The number of hydrogen-bond acceptors (Lipinski definition) is 7. The Bertz CT molecular complexity index is 900. The van der Waals surface area contributed by atoms with Gasteiger partial charge in [-0.3, -0.25) is 9.78 Å². The number of aliphatic hydroxyl groups excluding tert-OH is 1. The molecule has 0 aliphatic rings. The predicted molar refractivity (Wildman–Crippen MR) is 105 cm³/mol. The fourth-order valence-corrected chi connectivity index (χ4v) is 2.41. The second kappa shape index (κ2) is 8.72. The van der Waals surface area contributed by atoms with E-state index in [4.69, 9.17) is 5.11 Å². The number of pyridine rings is 1. The molecule has 0 aliphatic heterocycles. The van der Waals surface area contributed by atoms with Crippen LogP contribution in [0.2, 0.25) is 0 Å². The third kappa shape index (κ3) is 5.23. The van der Waals surface area contributed by atoms with Crippen molar-refractivity contribution in [2.75, 3.05) is 29.1 Å². The molecule has 0 aliphatic carbocycles. The summed E-state index contributed by atoms with van der Waals surface area (Å²) in [4.78, 5) is 24.1. The number of rotatable bonds is 7. The average molecular weight is 364 g/mol. The molecule has 0 saturated carbocycles. The number of nitrogens with one attached hydrogen (secondary N) is 3. The molecule has 0 unspecified atom stereocenters. The smallest absolute Gasteiger partial charge is 0.225 e. The summed E-state index contributed by atoms with van der Waals surface area (Å²) in [6.07, 6.45) is 3.43. The van der Waals surface area contributed by atoms with Crippen LogP contribution in [-0.4, -0.2) is 39.1 Å². The number of amides is 1. The molecule has 0 atom stereocenters. The fraction of sp³-hybridized carbons (Fsp3) is 0.158. The molecule has 0 saturated heterocycles. The van der Waals surface area contributed by atoms with E-state index in [1.54, 1.807) is 24.5 Å². The Morgan fingerprint density at radius 2 is 1.89 bits per heavy atom. The van der Waals surface area contributed by atoms with E-state index in [9.17, 15) is 4.79 Å². The minimum Gasteiger partial charge on any atom is -0.395 e. The van der Waals surface area contributed by atoms with Gasteiger partial charge in [0.2, 0.25) is 11.9 Å². The maximum atomic E-state index is 11.1. The van der Waals surface area contributed by atoms with E-state index in [0.29, 0.717) is 24.0 Å². The van der Waals surface area contributed by atoms with Gasteiger partial charge in [0.05, 0.1) is 12.3 Å². The fourth-order valence-electron chi connectivity index (χ4n) is 2.41. The van der Waals surface area contributed by atoms with Crippen LogP contribution in [-0.2, 0) is 4.79 Å². The summed E-state index contributed by atoms with van der Waals surface area (Å²) in [5, 5.41) is 18.0. The molecular formula is C19H20N6O2. The van der Waals surface area contributed by atoms with E-state index in [0.717, 1.165) is 16.9 Å². The Labute approximate surface area is 156 Å². The lowest BCUT2D eigenvalue weighted by Crippen LogP contribution is -2.10. The molecule has 0 bridgehead atoms. The molecule has 3 rings (SSSR count). The number of aromatic nitrogens is 3. The van der Waals surface area contributed by atoms with Gasteiger partial charge in [-0.05, 0) is 36.4 Å². The molecule has 0 fully saturated rings. The van der Waals surface area contributed by atoms with Crippen molar-refractivity contribution in [1.82, 2.24) is 15.0 Å². The Kier molecular flexibility index (Phi) is 5.91. The molecule has 4 N–H and O–H groups in total. The summed E-state index contributed by atoms with van der Waals surface area (Å²) in [6, 6.07) is 12.9. The molecule has 0 radical (unpaired) electrons. The summed E-state index contributed by atoms with van der Waals surface area (Å²) < 4.78 is 0. The van der Waals surface area contributed by atoms with E-state index in [1.807, 2.05) is 30.3 Å². The summed E-state index contributed by atoms with van der Waals surface area (Å²) in [5.74, 6) is 0.881. The number of carbonyl (C=O) groups is 1. The van der Waals surface area contributed by atoms with Gasteiger partial charge in [0.1, 0.15) is 5.82 Å². The van der Waals surface area contributed by atoms with Crippen molar-refractivity contribution in [3.63, 3.8) is 0 Å². The minimum atomic E-state index is -0.118. The van der Waals surface area contributed by atoms with Gasteiger partial charge >= 0.3 is 0 Å². The third-order valence-electron chi connectivity index (χ3n) is 3.56. The van der Waals surface area contributed by atoms with Crippen molar-refractivity contribution < 1.29 is 9.90 Å². The van der Waals surface area contributed by atoms with Gasteiger partial charge in [-0.15, -0.1) is 0 Å². The first kappa shape index (κ1) is 18.3. The van der Waals surface area contributed by atoms with Gasteiger partial charge in [0.25, 0.3) is 0 Å². The quantitative estimate of drug-likeness (QED) is 0.510. The highest BCUT2D eigenvalue weighted by Crippen LogP contribution is 2.23. The lowest BCUT2D eigenvalue weighted by Gasteiger charge is -2.11. The largest absolute Gasteiger partial charge is 0.395 e. The van der Waals surface area contributed by atoms with Gasteiger partial charge in [0.15, 0.2) is 0 Å². The highest BCUT2D eigenvalue weighted by atomic mass is 16.3. The molecule has 8 nitrogen and oxygen atoms in total. The molecule has 8 heteroatoms. The van der Waals surface area contributed by atoms with Crippen molar-refractivity contribution in [1.29, 1.82) is 0 Å². The van der Waals surface area contributed by atoms with Crippen LogP contribution in [0.25, 0.3) is 11.3 Å². The van der Waals surface area contributed by atoms with Gasteiger partial charge in [-0.1, -0.05) is 0 Å². The normalized spacial score (nSPS) is 10.3.